The van der Waals surface area contributed by atoms with E-state index in [-0.39, 0.29) is 5.91 Å². The maximum absolute atomic E-state index is 11.7. The molecule has 1 aromatic rings. The van der Waals surface area contributed by atoms with E-state index in [1.165, 1.54) is 25.7 Å². The van der Waals surface area contributed by atoms with Crippen molar-refractivity contribution in [2.24, 2.45) is 5.92 Å². The highest BCUT2D eigenvalue weighted by Gasteiger charge is 2.03. The van der Waals surface area contributed by atoms with Crippen molar-refractivity contribution in [3.63, 3.8) is 0 Å². The third-order valence-corrected chi connectivity index (χ3v) is 2.92. The first-order valence-electron chi connectivity index (χ1n) is 6.88. The van der Waals surface area contributed by atoms with Gasteiger partial charge in [-0.1, -0.05) is 39.5 Å². The zero-order valence-corrected chi connectivity index (χ0v) is 11.5. The van der Waals surface area contributed by atoms with Gasteiger partial charge in [0.05, 0.1) is 5.56 Å². The molecule has 0 unspecified atom stereocenters. The molecule has 0 aliphatic rings. The van der Waals surface area contributed by atoms with Crippen molar-refractivity contribution >= 4 is 5.91 Å². The van der Waals surface area contributed by atoms with Crippen LogP contribution in [-0.4, -0.2) is 17.4 Å². The van der Waals surface area contributed by atoms with Crippen molar-refractivity contribution in [3.8, 4) is 0 Å². The largest absolute Gasteiger partial charge is 0.352 e. The molecule has 0 aliphatic carbocycles. The zero-order chi connectivity index (χ0) is 13.2. The van der Waals surface area contributed by atoms with Gasteiger partial charge in [-0.3, -0.25) is 9.78 Å². The second kappa shape index (κ2) is 8.67. The lowest BCUT2D eigenvalue weighted by Gasteiger charge is -2.06. The van der Waals surface area contributed by atoms with Crippen molar-refractivity contribution in [1.82, 2.24) is 10.3 Å². The van der Waals surface area contributed by atoms with Gasteiger partial charge < -0.3 is 5.32 Å². The monoisotopic (exact) mass is 248 g/mol. The summed E-state index contributed by atoms with van der Waals surface area (Å²) < 4.78 is 0. The Morgan fingerprint density at radius 3 is 2.72 bits per heavy atom. The van der Waals surface area contributed by atoms with Crippen LogP contribution in [0, 0.1) is 5.92 Å². The van der Waals surface area contributed by atoms with E-state index in [2.05, 4.69) is 24.1 Å². The average molecular weight is 248 g/mol. The fourth-order valence-corrected chi connectivity index (χ4v) is 1.83. The number of unbranched alkanes of at least 4 members (excludes halogenated alkanes) is 3. The molecule has 0 aliphatic heterocycles. The third-order valence-electron chi connectivity index (χ3n) is 2.92. The average Bonchev–Trinajstić information content (AvgIpc) is 2.38. The van der Waals surface area contributed by atoms with Crippen molar-refractivity contribution < 1.29 is 4.79 Å². The molecule has 0 saturated carbocycles. The number of pyridine rings is 1. The molecule has 0 spiro atoms. The number of carbonyl (C=O) groups excluding carboxylic acids is 1. The smallest absolute Gasteiger partial charge is 0.252 e. The van der Waals surface area contributed by atoms with Crippen LogP contribution in [0.1, 0.15) is 56.3 Å². The number of amides is 1. The van der Waals surface area contributed by atoms with Gasteiger partial charge in [-0.15, -0.1) is 0 Å². The van der Waals surface area contributed by atoms with Crippen LogP contribution in [0.15, 0.2) is 24.5 Å². The number of hydrogen-bond acceptors (Lipinski definition) is 2. The van der Waals surface area contributed by atoms with Crippen LogP contribution in [0.3, 0.4) is 0 Å². The molecule has 1 aromatic heterocycles. The van der Waals surface area contributed by atoms with E-state index in [9.17, 15) is 4.79 Å². The Bertz CT molecular complexity index is 336. The lowest BCUT2D eigenvalue weighted by Crippen LogP contribution is -2.24. The zero-order valence-electron chi connectivity index (χ0n) is 11.5. The molecular formula is C15H24N2O. The molecule has 1 rings (SSSR count). The number of carbonyl (C=O) groups is 1. The highest BCUT2D eigenvalue weighted by molar-refractivity contribution is 5.93. The Balaban J connectivity index is 2.03. The van der Waals surface area contributed by atoms with E-state index in [4.69, 9.17) is 0 Å². The number of nitrogens with zero attached hydrogens (tertiary/aromatic N) is 1. The van der Waals surface area contributed by atoms with E-state index in [0.717, 1.165) is 18.9 Å². The molecule has 3 heteroatoms. The normalized spacial score (nSPS) is 10.6. The van der Waals surface area contributed by atoms with E-state index >= 15 is 0 Å². The third kappa shape index (κ3) is 6.38. The molecule has 3 nitrogen and oxygen atoms in total. The summed E-state index contributed by atoms with van der Waals surface area (Å²) in [5.74, 6) is 0.778. The van der Waals surface area contributed by atoms with Gasteiger partial charge in [0.2, 0.25) is 0 Å². The van der Waals surface area contributed by atoms with Crippen LogP contribution in [0.25, 0.3) is 0 Å². The summed E-state index contributed by atoms with van der Waals surface area (Å²) in [4.78, 5) is 15.6. The Labute approximate surface area is 110 Å². The summed E-state index contributed by atoms with van der Waals surface area (Å²) in [6.45, 7) is 5.28. The van der Waals surface area contributed by atoms with Crippen LogP contribution in [-0.2, 0) is 0 Å². The van der Waals surface area contributed by atoms with Crippen molar-refractivity contribution in [2.75, 3.05) is 6.54 Å². The predicted molar refractivity (Wildman–Crippen MR) is 74.5 cm³/mol. The topological polar surface area (TPSA) is 42.0 Å². The minimum absolute atomic E-state index is 0.0229. The Morgan fingerprint density at radius 2 is 2.06 bits per heavy atom. The summed E-state index contributed by atoms with van der Waals surface area (Å²) in [7, 11) is 0. The number of nitrogens with one attached hydrogen (secondary N) is 1. The van der Waals surface area contributed by atoms with Gasteiger partial charge in [0.25, 0.3) is 5.91 Å². The highest BCUT2D eigenvalue weighted by Crippen LogP contribution is 2.09. The van der Waals surface area contributed by atoms with E-state index < -0.39 is 0 Å². The quantitative estimate of drug-likeness (QED) is 0.716. The van der Waals surface area contributed by atoms with Crippen molar-refractivity contribution in [2.45, 2.75) is 46.0 Å². The van der Waals surface area contributed by atoms with Gasteiger partial charge >= 0.3 is 0 Å². The fourth-order valence-electron chi connectivity index (χ4n) is 1.83. The maximum atomic E-state index is 11.7. The first-order valence-corrected chi connectivity index (χ1v) is 6.88. The van der Waals surface area contributed by atoms with Gasteiger partial charge in [-0.2, -0.15) is 0 Å². The van der Waals surface area contributed by atoms with Crippen LogP contribution in [0.2, 0.25) is 0 Å². The molecule has 0 radical (unpaired) electrons. The summed E-state index contributed by atoms with van der Waals surface area (Å²) in [5, 5.41) is 2.92. The lowest BCUT2D eigenvalue weighted by atomic mass is 10.0. The van der Waals surface area contributed by atoms with E-state index in [1.54, 1.807) is 24.5 Å². The van der Waals surface area contributed by atoms with Crippen LogP contribution in [0.4, 0.5) is 0 Å². The predicted octanol–water partition coefficient (Wildman–Crippen LogP) is 3.42. The molecular weight excluding hydrogens is 224 g/mol. The SMILES string of the molecule is CC(C)CCCCCCNC(=O)c1cccnc1. The Morgan fingerprint density at radius 1 is 1.28 bits per heavy atom. The molecule has 0 aromatic carbocycles. The highest BCUT2D eigenvalue weighted by atomic mass is 16.1. The van der Waals surface area contributed by atoms with E-state index in [1.807, 2.05) is 0 Å². The second-order valence-corrected chi connectivity index (χ2v) is 5.09. The van der Waals surface area contributed by atoms with Crippen LogP contribution in [0.5, 0.6) is 0 Å². The molecule has 100 valence electrons. The van der Waals surface area contributed by atoms with Gasteiger partial charge in [0, 0.05) is 18.9 Å². The Hall–Kier alpha value is -1.38. The molecule has 0 atom stereocenters. The minimum atomic E-state index is -0.0229. The van der Waals surface area contributed by atoms with Gasteiger partial charge in [-0.25, -0.2) is 0 Å². The molecule has 1 N–H and O–H groups in total. The molecule has 0 saturated heterocycles. The van der Waals surface area contributed by atoms with Crippen LogP contribution >= 0.6 is 0 Å². The first kappa shape index (κ1) is 14.7. The molecule has 1 amide bonds. The second-order valence-electron chi connectivity index (χ2n) is 5.09. The number of rotatable bonds is 8. The molecule has 1 heterocycles. The number of hydrogen-bond donors (Lipinski definition) is 1. The van der Waals surface area contributed by atoms with Gasteiger partial charge in [-0.05, 0) is 24.5 Å². The maximum Gasteiger partial charge on any atom is 0.252 e. The number of aromatic nitrogens is 1. The molecule has 18 heavy (non-hydrogen) atoms. The first-order chi connectivity index (χ1) is 8.70. The summed E-state index contributed by atoms with van der Waals surface area (Å²) >= 11 is 0. The fraction of sp³-hybridized carbons (Fsp3) is 0.600. The Kier molecular flexibility index (Phi) is 7.07. The van der Waals surface area contributed by atoms with Gasteiger partial charge in [0.15, 0.2) is 0 Å². The summed E-state index contributed by atoms with van der Waals surface area (Å²) in [5.41, 5.74) is 0.636. The standard InChI is InChI=1S/C15H24N2O/c1-13(2)8-5-3-4-6-11-17-15(18)14-9-7-10-16-12-14/h7,9-10,12-13H,3-6,8,11H2,1-2H3,(H,17,18). The van der Waals surface area contributed by atoms with Gasteiger partial charge in [0.1, 0.15) is 0 Å². The summed E-state index contributed by atoms with van der Waals surface area (Å²) in [6.07, 6.45) is 9.39. The summed E-state index contributed by atoms with van der Waals surface area (Å²) in [6, 6.07) is 3.56. The van der Waals surface area contributed by atoms with E-state index in [0.29, 0.717) is 5.56 Å². The van der Waals surface area contributed by atoms with Crippen molar-refractivity contribution in [1.29, 1.82) is 0 Å². The van der Waals surface area contributed by atoms with Crippen molar-refractivity contribution in [3.05, 3.63) is 30.1 Å². The molecule has 0 bridgehead atoms. The minimum Gasteiger partial charge on any atom is -0.352 e. The van der Waals surface area contributed by atoms with Crippen LogP contribution < -0.4 is 5.32 Å². The lowest BCUT2D eigenvalue weighted by molar-refractivity contribution is 0.0952. The molecule has 0 fully saturated rings.